The highest BCUT2D eigenvalue weighted by Gasteiger charge is 2.29. The first-order valence-electron chi connectivity index (χ1n) is 9.49. The van der Waals surface area contributed by atoms with Gasteiger partial charge in [0.15, 0.2) is 0 Å². The molecule has 0 saturated heterocycles. The Bertz CT molecular complexity index is 793. The minimum absolute atomic E-state index is 0.00675. The van der Waals surface area contributed by atoms with Gasteiger partial charge in [-0.1, -0.05) is 84.5 Å². The molecular weight excluding hydrogens is 469 g/mol. The number of amides is 1. The van der Waals surface area contributed by atoms with Crippen LogP contribution in [-0.2, 0) is 14.3 Å². The largest absolute Gasteiger partial charge is 0.464 e. The highest BCUT2D eigenvalue weighted by Crippen LogP contribution is 2.44. The van der Waals surface area contributed by atoms with Crippen LogP contribution in [0.25, 0.3) is 11.1 Å². The molecule has 5 nitrogen and oxygen atoms in total. The second-order valence-corrected chi connectivity index (χ2v) is 7.58. The van der Waals surface area contributed by atoms with E-state index in [9.17, 15) is 9.59 Å². The number of benzene rings is 2. The van der Waals surface area contributed by atoms with Crippen molar-refractivity contribution in [2.24, 2.45) is 0 Å². The van der Waals surface area contributed by atoms with Crippen LogP contribution in [0.5, 0.6) is 0 Å². The molecule has 0 spiro atoms. The zero-order valence-electron chi connectivity index (χ0n) is 15.8. The lowest BCUT2D eigenvalue weighted by atomic mass is 9.98. The first-order chi connectivity index (χ1) is 13.7. The Hall–Kier alpha value is -2.09. The maximum atomic E-state index is 12.3. The van der Waals surface area contributed by atoms with Crippen molar-refractivity contribution in [1.29, 1.82) is 0 Å². The van der Waals surface area contributed by atoms with Gasteiger partial charge in [0.25, 0.3) is 0 Å². The van der Waals surface area contributed by atoms with E-state index in [4.69, 9.17) is 9.47 Å². The molecule has 1 N–H and O–H groups in total. The van der Waals surface area contributed by atoms with Crippen LogP contribution in [-0.4, -0.2) is 35.7 Å². The summed E-state index contributed by atoms with van der Waals surface area (Å²) in [5.41, 5.74) is 4.66. The van der Waals surface area contributed by atoms with Gasteiger partial charge >= 0.3 is 12.1 Å². The van der Waals surface area contributed by atoms with Gasteiger partial charge in [0.2, 0.25) is 0 Å². The Morgan fingerprint density at radius 1 is 1.04 bits per heavy atom. The molecule has 0 radical (unpaired) electrons. The second kappa shape index (κ2) is 9.91. The fraction of sp³-hybridized carbons (Fsp3) is 0.364. The number of alkyl halides is 1. The molecule has 0 saturated carbocycles. The molecule has 0 unspecified atom stereocenters. The molecule has 0 aliphatic heterocycles. The monoisotopic (exact) mass is 493 g/mol. The van der Waals surface area contributed by atoms with Gasteiger partial charge in [0.1, 0.15) is 12.6 Å². The molecule has 1 aliphatic carbocycles. The molecular formula is C22H24INO4. The van der Waals surface area contributed by atoms with Gasteiger partial charge in [-0.15, -0.1) is 0 Å². The zero-order valence-corrected chi connectivity index (χ0v) is 18.0. The molecule has 3 rings (SSSR count). The summed E-state index contributed by atoms with van der Waals surface area (Å²) < 4.78 is 11.1. The van der Waals surface area contributed by atoms with Crippen LogP contribution in [0.1, 0.15) is 36.8 Å². The van der Waals surface area contributed by atoms with Crippen molar-refractivity contribution in [1.82, 2.24) is 5.32 Å². The number of nitrogens with one attached hydrogen (secondary N) is 1. The van der Waals surface area contributed by atoms with Crippen molar-refractivity contribution in [3.63, 3.8) is 0 Å². The molecule has 0 aromatic heterocycles. The van der Waals surface area contributed by atoms with E-state index in [0.717, 1.165) is 24.0 Å². The summed E-state index contributed by atoms with van der Waals surface area (Å²) >= 11 is 2.06. The van der Waals surface area contributed by atoms with Gasteiger partial charge in [-0.2, -0.15) is 0 Å². The van der Waals surface area contributed by atoms with E-state index in [1.54, 1.807) is 0 Å². The van der Waals surface area contributed by atoms with Crippen LogP contribution in [0.3, 0.4) is 0 Å². The lowest BCUT2D eigenvalue weighted by Crippen LogP contribution is -2.43. The number of hydrogen-bond acceptors (Lipinski definition) is 4. The van der Waals surface area contributed by atoms with Gasteiger partial charge in [-0.05, 0) is 28.7 Å². The van der Waals surface area contributed by atoms with Crippen molar-refractivity contribution < 1.29 is 19.1 Å². The molecule has 6 heteroatoms. The number of fused-ring (bicyclic) bond motifs is 3. The minimum Gasteiger partial charge on any atom is -0.464 e. The van der Waals surface area contributed by atoms with E-state index in [2.05, 4.69) is 52.2 Å². The first-order valence-corrected chi connectivity index (χ1v) is 11.0. The van der Waals surface area contributed by atoms with Crippen LogP contribution < -0.4 is 5.32 Å². The quantitative estimate of drug-likeness (QED) is 0.251. The molecule has 1 aliphatic rings. The summed E-state index contributed by atoms with van der Waals surface area (Å²) in [4.78, 5) is 24.4. The predicted octanol–water partition coefficient (Wildman–Crippen LogP) is 4.67. The van der Waals surface area contributed by atoms with Crippen LogP contribution in [0.15, 0.2) is 48.5 Å². The Balaban J connectivity index is 1.61. The normalized spacial score (nSPS) is 13.4. The van der Waals surface area contributed by atoms with Gasteiger partial charge in [-0.3, -0.25) is 0 Å². The number of esters is 1. The van der Waals surface area contributed by atoms with Crippen molar-refractivity contribution in [2.75, 3.05) is 17.6 Å². The van der Waals surface area contributed by atoms with Crippen molar-refractivity contribution in [3.05, 3.63) is 59.7 Å². The Labute approximate surface area is 178 Å². The molecule has 2 aromatic rings. The zero-order chi connectivity index (χ0) is 19.9. The number of ether oxygens (including phenoxy) is 2. The lowest BCUT2D eigenvalue weighted by Gasteiger charge is -2.17. The highest BCUT2D eigenvalue weighted by molar-refractivity contribution is 14.1. The van der Waals surface area contributed by atoms with E-state index < -0.39 is 18.1 Å². The summed E-state index contributed by atoms with van der Waals surface area (Å²) in [5.74, 6) is -0.427. The third-order valence-corrected chi connectivity index (χ3v) is 5.70. The fourth-order valence-electron chi connectivity index (χ4n) is 3.36. The van der Waals surface area contributed by atoms with Crippen molar-refractivity contribution in [2.45, 2.75) is 31.7 Å². The number of carbonyl (C=O) groups excluding carboxylic acids is 2. The number of halogens is 1. The topological polar surface area (TPSA) is 64.6 Å². The fourth-order valence-corrected chi connectivity index (χ4v) is 3.94. The van der Waals surface area contributed by atoms with E-state index >= 15 is 0 Å². The summed E-state index contributed by atoms with van der Waals surface area (Å²) in [6.45, 7) is 2.62. The van der Waals surface area contributed by atoms with Gasteiger partial charge in [0.05, 0.1) is 6.61 Å². The molecule has 0 heterocycles. The predicted molar refractivity (Wildman–Crippen MR) is 117 cm³/mol. The smallest absolute Gasteiger partial charge is 0.407 e. The van der Waals surface area contributed by atoms with E-state index in [0.29, 0.717) is 11.0 Å². The van der Waals surface area contributed by atoms with Crippen LogP contribution in [0, 0.1) is 0 Å². The summed E-state index contributed by atoms with van der Waals surface area (Å²) in [7, 11) is 0. The standard InChI is InChI=1S/C22H24INO4/c1-2-3-12-27-21(25)20(13-23)24-22(26)28-14-19-17-10-6-4-8-15(17)16-9-5-7-11-18(16)19/h4-11,19-20H,2-3,12-14H2,1H3,(H,24,26)/t20-/m0/s1. The average Bonchev–Trinajstić information content (AvgIpc) is 3.04. The van der Waals surface area contributed by atoms with E-state index in [1.165, 1.54) is 11.1 Å². The van der Waals surface area contributed by atoms with Crippen molar-refractivity contribution in [3.8, 4) is 11.1 Å². The number of unbranched alkanes of at least 4 members (excludes halogenated alkanes) is 1. The Morgan fingerprint density at radius 3 is 2.21 bits per heavy atom. The molecule has 2 aromatic carbocycles. The summed E-state index contributed by atoms with van der Waals surface area (Å²) in [5, 5.41) is 2.62. The van der Waals surface area contributed by atoms with Crippen molar-refractivity contribution >= 4 is 34.7 Å². The van der Waals surface area contributed by atoms with Gasteiger partial charge in [-0.25, -0.2) is 9.59 Å². The molecule has 0 bridgehead atoms. The highest BCUT2D eigenvalue weighted by atomic mass is 127. The average molecular weight is 493 g/mol. The number of alkyl carbamates (subject to hydrolysis) is 1. The summed E-state index contributed by atoms with van der Waals surface area (Å²) in [6.07, 6.45) is 1.16. The van der Waals surface area contributed by atoms with Crippen LogP contribution in [0.2, 0.25) is 0 Å². The number of carbonyl (C=O) groups is 2. The third-order valence-electron chi connectivity index (χ3n) is 4.82. The Morgan fingerprint density at radius 2 is 1.64 bits per heavy atom. The Kier molecular flexibility index (Phi) is 7.30. The third kappa shape index (κ3) is 4.66. The van der Waals surface area contributed by atoms with Crippen LogP contribution in [0.4, 0.5) is 4.79 Å². The number of hydrogen-bond donors (Lipinski definition) is 1. The maximum Gasteiger partial charge on any atom is 0.407 e. The maximum absolute atomic E-state index is 12.3. The lowest BCUT2D eigenvalue weighted by molar-refractivity contribution is -0.145. The first kappa shape index (κ1) is 20.6. The van der Waals surface area contributed by atoms with E-state index in [1.807, 2.05) is 31.2 Å². The molecule has 148 valence electrons. The number of rotatable bonds is 8. The van der Waals surface area contributed by atoms with Crippen LogP contribution >= 0.6 is 22.6 Å². The molecule has 1 amide bonds. The molecule has 28 heavy (non-hydrogen) atoms. The van der Waals surface area contributed by atoms with Gasteiger partial charge in [0, 0.05) is 10.3 Å². The molecule has 0 fully saturated rings. The van der Waals surface area contributed by atoms with Gasteiger partial charge < -0.3 is 14.8 Å². The minimum atomic E-state index is -0.701. The SMILES string of the molecule is CCCCOC(=O)[C@H](CI)NC(=O)OCC1c2ccccc2-c2ccccc21. The molecule has 1 atom stereocenters. The summed E-state index contributed by atoms with van der Waals surface area (Å²) in [6, 6.07) is 15.6. The second-order valence-electron chi connectivity index (χ2n) is 6.70. The van der Waals surface area contributed by atoms with E-state index in [-0.39, 0.29) is 12.5 Å².